The molecule has 0 spiro atoms. The van der Waals surface area contributed by atoms with Crippen LogP contribution in [0, 0.1) is 19.8 Å². The summed E-state index contributed by atoms with van der Waals surface area (Å²) in [4.78, 5) is 24.1. The number of carbonyl (C=O) groups is 2. The Kier molecular flexibility index (Phi) is 6.80. The first-order valence-corrected chi connectivity index (χ1v) is 9.02. The van der Waals surface area contributed by atoms with Crippen LogP contribution in [0.2, 0.25) is 5.15 Å². The normalized spacial score (nSPS) is 11.2. The Morgan fingerprint density at radius 3 is 2.67 bits per heavy atom. The van der Waals surface area contributed by atoms with Crippen molar-refractivity contribution < 1.29 is 14.3 Å². The fourth-order valence-corrected chi connectivity index (χ4v) is 2.97. The number of nitrogens with zero attached hydrogens (tertiary/aromatic N) is 2. The number of carbonyl (C=O) groups excluding carboxylic acids is 2. The summed E-state index contributed by atoms with van der Waals surface area (Å²) in [5, 5.41) is 7.70. The number of rotatable bonds is 6. The van der Waals surface area contributed by atoms with Gasteiger partial charge < -0.3 is 10.1 Å². The topological polar surface area (TPSA) is 73.2 Å². The molecule has 27 heavy (non-hydrogen) atoms. The third-order valence-corrected chi connectivity index (χ3v) is 4.44. The molecule has 1 amide bonds. The van der Waals surface area contributed by atoms with E-state index in [0.717, 1.165) is 5.69 Å². The summed E-state index contributed by atoms with van der Waals surface area (Å²) >= 11 is 6.38. The molecule has 144 valence electrons. The molecule has 0 radical (unpaired) electrons. The van der Waals surface area contributed by atoms with Gasteiger partial charge >= 0.3 is 5.97 Å². The van der Waals surface area contributed by atoms with Gasteiger partial charge in [0, 0.05) is 23.9 Å². The van der Waals surface area contributed by atoms with Gasteiger partial charge in [0.1, 0.15) is 5.15 Å². The second-order valence-electron chi connectivity index (χ2n) is 6.66. The lowest BCUT2D eigenvalue weighted by Gasteiger charge is -2.10. The zero-order valence-corrected chi connectivity index (χ0v) is 16.9. The number of methoxy groups -OCH3 is 1. The SMILES string of the molecule is COC(=O)c1cccc(NC(=O)/C=C/c2c(C)nn(CC(C)C)c2Cl)c1C. The molecule has 2 aromatic rings. The van der Waals surface area contributed by atoms with Gasteiger partial charge in [0.15, 0.2) is 0 Å². The number of nitrogens with one attached hydrogen (secondary N) is 1. The molecular formula is C20H24ClN3O3. The molecule has 1 aromatic carbocycles. The highest BCUT2D eigenvalue weighted by atomic mass is 35.5. The van der Waals surface area contributed by atoms with Gasteiger partial charge in [0.05, 0.1) is 18.4 Å². The van der Waals surface area contributed by atoms with Gasteiger partial charge in [0.2, 0.25) is 5.91 Å². The van der Waals surface area contributed by atoms with Crippen LogP contribution in [0.15, 0.2) is 24.3 Å². The lowest BCUT2D eigenvalue weighted by molar-refractivity contribution is -0.111. The summed E-state index contributed by atoms with van der Waals surface area (Å²) in [6.45, 7) is 8.48. The summed E-state index contributed by atoms with van der Waals surface area (Å²) in [6, 6.07) is 5.07. The second kappa shape index (κ2) is 8.86. The van der Waals surface area contributed by atoms with Crippen molar-refractivity contribution in [1.29, 1.82) is 0 Å². The van der Waals surface area contributed by atoms with E-state index in [4.69, 9.17) is 16.3 Å². The number of anilines is 1. The Bertz CT molecular complexity index is 885. The zero-order chi connectivity index (χ0) is 20.1. The smallest absolute Gasteiger partial charge is 0.338 e. The van der Waals surface area contributed by atoms with Crippen LogP contribution in [0.5, 0.6) is 0 Å². The van der Waals surface area contributed by atoms with Crippen molar-refractivity contribution >= 4 is 35.2 Å². The average molecular weight is 390 g/mol. The molecule has 1 aromatic heterocycles. The van der Waals surface area contributed by atoms with Crippen LogP contribution in [0.4, 0.5) is 5.69 Å². The minimum absolute atomic E-state index is 0.327. The van der Waals surface area contributed by atoms with Crippen LogP contribution in [-0.2, 0) is 16.1 Å². The molecule has 1 N–H and O–H groups in total. The van der Waals surface area contributed by atoms with Crippen molar-refractivity contribution in [2.75, 3.05) is 12.4 Å². The number of amides is 1. The fraction of sp³-hybridized carbons (Fsp3) is 0.350. The van der Waals surface area contributed by atoms with Crippen molar-refractivity contribution in [1.82, 2.24) is 9.78 Å². The Hall–Kier alpha value is -2.60. The van der Waals surface area contributed by atoms with Gasteiger partial charge in [-0.15, -0.1) is 0 Å². The Morgan fingerprint density at radius 1 is 1.33 bits per heavy atom. The van der Waals surface area contributed by atoms with Crippen molar-refractivity contribution in [2.24, 2.45) is 5.92 Å². The molecule has 0 atom stereocenters. The molecule has 7 heteroatoms. The highest BCUT2D eigenvalue weighted by Gasteiger charge is 2.14. The number of hydrogen-bond donors (Lipinski definition) is 1. The summed E-state index contributed by atoms with van der Waals surface area (Å²) in [7, 11) is 1.32. The number of benzene rings is 1. The first kappa shape index (κ1) is 20.7. The van der Waals surface area contributed by atoms with Crippen LogP contribution in [0.1, 0.15) is 41.0 Å². The van der Waals surface area contributed by atoms with E-state index < -0.39 is 5.97 Å². The summed E-state index contributed by atoms with van der Waals surface area (Å²) in [5.41, 5.74) is 3.07. The Labute approximate surface area is 164 Å². The van der Waals surface area contributed by atoms with E-state index in [1.807, 2.05) is 6.92 Å². The van der Waals surface area contributed by atoms with E-state index in [2.05, 4.69) is 24.3 Å². The number of aryl methyl sites for hydroxylation is 1. The van der Waals surface area contributed by atoms with Crippen molar-refractivity contribution in [3.8, 4) is 0 Å². The van der Waals surface area contributed by atoms with Crippen LogP contribution in [-0.4, -0.2) is 28.8 Å². The zero-order valence-electron chi connectivity index (χ0n) is 16.2. The third-order valence-electron chi connectivity index (χ3n) is 4.05. The number of halogens is 1. The Morgan fingerprint density at radius 2 is 2.04 bits per heavy atom. The predicted octanol–water partition coefficient (Wildman–Crippen LogP) is 4.25. The molecule has 1 heterocycles. The highest BCUT2D eigenvalue weighted by Crippen LogP contribution is 2.23. The summed E-state index contributed by atoms with van der Waals surface area (Å²) < 4.78 is 6.49. The van der Waals surface area contributed by atoms with Gasteiger partial charge in [-0.3, -0.25) is 9.48 Å². The maximum absolute atomic E-state index is 12.3. The quantitative estimate of drug-likeness (QED) is 0.592. The molecule has 0 fully saturated rings. The lowest BCUT2D eigenvalue weighted by atomic mass is 10.1. The summed E-state index contributed by atoms with van der Waals surface area (Å²) in [6.07, 6.45) is 3.05. The molecular weight excluding hydrogens is 366 g/mol. The van der Waals surface area contributed by atoms with Gasteiger partial charge in [-0.25, -0.2) is 4.79 Å². The van der Waals surface area contributed by atoms with Gasteiger partial charge in [-0.2, -0.15) is 5.10 Å². The van der Waals surface area contributed by atoms with E-state index in [1.165, 1.54) is 13.2 Å². The van der Waals surface area contributed by atoms with Crippen LogP contribution >= 0.6 is 11.6 Å². The van der Waals surface area contributed by atoms with Crippen LogP contribution in [0.3, 0.4) is 0 Å². The number of ether oxygens (including phenoxy) is 1. The molecule has 0 saturated carbocycles. The molecule has 0 aliphatic carbocycles. The molecule has 2 rings (SSSR count). The van der Waals surface area contributed by atoms with Gasteiger partial charge in [-0.1, -0.05) is 31.5 Å². The monoisotopic (exact) mass is 389 g/mol. The average Bonchev–Trinajstić information content (AvgIpc) is 2.87. The molecule has 0 aliphatic heterocycles. The van der Waals surface area contributed by atoms with E-state index in [0.29, 0.717) is 40.0 Å². The molecule has 0 aliphatic rings. The van der Waals surface area contributed by atoms with Crippen LogP contribution < -0.4 is 5.32 Å². The number of aromatic nitrogens is 2. The number of esters is 1. The fourth-order valence-electron chi connectivity index (χ4n) is 2.66. The molecule has 6 nitrogen and oxygen atoms in total. The van der Waals surface area contributed by atoms with Gasteiger partial charge in [-0.05, 0) is 43.5 Å². The minimum atomic E-state index is -0.445. The van der Waals surface area contributed by atoms with Crippen molar-refractivity contribution in [3.05, 3.63) is 51.8 Å². The molecule has 0 saturated heterocycles. The maximum atomic E-state index is 12.3. The molecule has 0 bridgehead atoms. The Balaban J connectivity index is 2.17. The van der Waals surface area contributed by atoms with Crippen molar-refractivity contribution in [3.63, 3.8) is 0 Å². The van der Waals surface area contributed by atoms with E-state index >= 15 is 0 Å². The third kappa shape index (κ3) is 4.98. The minimum Gasteiger partial charge on any atom is -0.465 e. The first-order valence-electron chi connectivity index (χ1n) is 8.64. The lowest BCUT2D eigenvalue weighted by Crippen LogP contribution is -2.11. The van der Waals surface area contributed by atoms with E-state index in [-0.39, 0.29) is 5.91 Å². The van der Waals surface area contributed by atoms with E-state index in [1.54, 1.807) is 35.9 Å². The van der Waals surface area contributed by atoms with E-state index in [9.17, 15) is 9.59 Å². The van der Waals surface area contributed by atoms with Crippen molar-refractivity contribution in [2.45, 2.75) is 34.2 Å². The predicted molar refractivity (Wildman–Crippen MR) is 107 cm³/mol. The van der Waals surface area contributed by atoms with Gasteiger partial charge in [0.25, 0.3) is 0 Å². The number of hydrogen-bond acceptors (Lipinski definition) is 4. The largest absolute Gasteiger partial charge is 0.465 e. The van der Waals surface area contributed by atoms with Crippen LogP contribution in [0.25, 0.3) is 6.08 Å². The first-order chi connectivity index (χ1) is 12.7. The summed E-state index contributed by atoms with van der Waals surface area (Å²) in [5.74, 6) is -0.363. The standard InChI is InChI=1S/C20H24ClN3O3/c1-12(2)11-24-19(21)16(14(4)23-24)9-10-18(25)22-17-8-6-7-15(13(17)3)20(26)27-5/h6-10,12H,11H2,1-5H3,(H,22,25)/b10-9+. The highest BCUT2D eigenvalue weighted by molar-refractivity contribution is 6.31. The maximum Gasteiger partial charge on any atom is 0.338 e. The molecule has 0 unspecified atom stereocenters. The second-order valence-corrected chi connectivity index (χ2v) is 7.02.